The summed E-state index contributed by atoms with van der Waals surface area (Å²) in [6, 6.07) is 3.83. The molecule has 0 spiro atoms. The van der Waals surface area contributed by atoms with Crippen LogP contribution >= 0.6 is 11.6 Å². The van der Waals surface area contributed by atoms with Crippen molar-refractivity contribution in [3.05, 3.63) is 33.8 Å². The summed E-state index contributed by atoms with van der Waals surface area (Å²) in [7, 11) is 0. The van der Waals surface area contributed by atoms with Crippen molar-refractivity contribution in [3.63, 3.8) is 0 Å². The molecule has 0 aromatic heterocycles. The maximum atomic E-state index is 9.57. The normalized spacial score (nSPS) is 16.6. The third-order valence-electron chi connectivity index (χ3n) is 2.50. The second-order valence-electron chi connectivity index (χ2n) is 3.34. The number of aliphatic hydroxyl groups excluding tert-OH is 1. The van der Waals surface area contributed by atoms with E-state index in [2.05, 4.69) is 0 Å². The molecule has 0 saturated heterocycles. The van der Waals surface area contributed by atoms with Crippen LogP contribution in [-0.4, -0.2) is 5.11 Å². The first-order chi connectivity index (χ1) is 7.68. The van der Waals surface area contributed by atoms with E-state index in [1.54, 1.807) is 0 Å². The first-order valence-corrected chi connectivity index (χ1v) is 6.53. The maximum Gasteiger partial charge on any atom is 0.0796 e. The van der Waals surface area contributed by atoms with Crippen molar-refractivity contribution in [2.24, 2.45) is 0 Å². The predicted octanol–water partition coefficient (Wildman–Crippen LogP) is 4.68. The van der Waals surface area contributed by atoms with Gasteiger partial charge in [0.25, 0.3) is 0 Å². The van der Waals surface area contributed by atoms with Crippen LogP contribution in [0.5, 0.6) is 0 Å². The molecule has 92 valence electrons. The lowest BCUT2D eigenvalue weighted by atomic mass is 10.0. The van der Waals surface area contributed by atoms with Crippen LogP contribution in [0.2, 0.25) is 5.02 Å². The lowest BCUT2D eigenvalue weighted by Gasteiger charge is -2.06. The highest BCUT2D eigenvalue weighted by Gasteiger charge is 2.21. The van der Waals surface area contributed by atoms with Crippen LogP contribution in [0.3, 0.4) is 0 Å². The quantitative estimate of drug-likeness (QED) is 0.700. The van der Waals surface area contributed by atoms with Crippen LogP contribution in [0.25, 0.3) is 0 Å². The van der Waals surface area contributed by atoms with E-state index in [9.17, 15) is 5.11 Å². The van der Waals surface area contributed by atoms with Gasteiger partial charge in [0, 0.05) is 5.02 Å². The van der Waals surface area contributed by atoms with Gasteiger partial charge < -0.3 is 5.11 Å². The fourth-order valence-corrected chi connectivity index (χ4v) is 2.16. The van der Waals surface area contributed by atoms with Gasteiger partial charge in [-0.1, -0.05) is 39.3 Å². The van der Waals surface area contributed by atoms with E-state index < -0.39 is 0 Å². The Kier molecular flexibility index (Phi) is 7.44. The molecule has 2 heteroatoms. The Balaban J connectivity index is 0.000000509. The number of hydrogen-bond acceptors (Lipinski definition) is 1. The van der Waals surface area contributed by atoms with Gasteiger partial charge in [-0.15, -0.1) is 0 Å². The molecule has 0 saturated carbocycles. The molecule has 0 fully saturated rings. The van der Waals surface area contributed by atoms with Crippen LogP contribution in [0.1, 0.15) is 56.9 Å². The zero-order chi connectivity index (χ0) is 12.7. The molecule has 16 heavy (non-hydrogen) atoms. The third-order valence-corrected chi connectivity index (χ3v) is 2.72. The van der Waals surface area contributed by atoms with Crippen molar-refractivity contribution in [3.8, 4) is 0 Å². The number of hydrogen-bond donors (Lipinski definition) is 1. The first kappa shape index (κ1) is 15.5. The first-order valence-electron chi connectivity index (χ1n) is 6.15. The number of halogens is 1. The molecule has 1 unspecified atom stereocenters. The largest absolute Gasteiger partial charge is 0.388 e. The summed E-state index contributed by atoms with van der Waals surface area (Å²) in [6.07, 6.45) is 1.54. The molecule has 1 aliphatic carbocycles. The Bertz CT molecular complexity index is 321. The topological polar surface area (TPSA) is 20.2 Å². The monoisotopic (exact) mass is 242 g/mol. The highest BCUT2D eigenvalue weighted by Crippen LogP contribution is 2.34. The predicted molar refractivity (Wildman–Crippen MR) is 72.2 cm³/mol. The SMILES string of the molecule is CC.CC.Cc1cc(Cl)cc2c1CCC2O. The number of aliphatic hydroxyl groups is 1. The Morgan fingerprint density at radius 3 is 2.31 bits per heavy atom. The smallest absolute Gasteiger partial charge is 0.0796 e. The van der Waals surface area contributed by atoms with Gasteiger partial charge >= 0.3 is 0 Å². The van der Waals surface area contributed by atoms with E-state index in [1.807, 2.05) is 46.8 Å². The number of rotatable bonds is 0. The van der Waals surface area contributed by atoms with Gasteiger partial charge in [0.1, 0.15) is 0 Å². The van der Waals surface area contributed by atoms with Crippen molar-refractivity contribution in [1.82, 2.24) is 0 Å². The fourth-order valence-electron chi connectivity index (χ4n) is 1.87. The lowest BCUT2D eigenvalue weighted by molar-refractivity contribution is 0.180. The Morgan fingerprint density at radius 2 is 1.75 bits per heavy atom. The van der Waals surface area contributed by atoms with E-state index in [1.165, 1.54) is 11.1 Å². The van der Waals surface area contributed by atoms with Gasteiger partial charge in [-0.05, 0) is 48.6 Å². The molecule has 1 atom stereocenters. The van der Waals surface area contributed by atoms with E-state index in [-0.39, 0.29) is 6.10 Å². The number of benzene rings is 1. The van der Waals surface area contributed by atoms with E-state index >= 15 is 0 Å². The summed E-state index contributed by atoms with van der Waals surface area (Å²) in [5, 5.41) is 10.3. The minimum atomic E-state index is -0.294. The molecule has 2 rings (SSSR count). The minimum absolute atomic E-state index is 0.294. The number of aryl methyl sites for hydroxylation is 1. The number of fused-ring (bicyclic) bond motifs is 1. The Labute approximate surface area is 104 Å². The fraction of sp³-hybridized carbons (Fsp3) is 0.571. The average molecular weight is 243 g/mol. The molecular formula is C14H23ClO. The standard InChI is InChI=1S/C10H11ClO.2C2H6/c1-6-4-7(11)5-9-8(6)2-3-10(9)12;2*1-2/h4-5,10,12H,2-3H2,1H3;2*1-2H3. The molecule has 0 radical (unpaired) electrons. The lowest BCUT2D eigenvalue weighted by Crippen LogP contribution is -1.91. The van der Waals surface area contributed by atoms with Crippen LogP contribution < -0.4 is 0 Å². The van der Waals surface area contributed by atoms with E-state index in [0.29, 0.717) is 0 Å². The molecule has 1 aromatic carbocycles. The van der Waals surface area contributed by atoms with E-state index in [4.69, 9.17) is 11.6 Å². The summed E-state index contributed by atoms with van der Waals surface area (Å²) in [5.74, 6) is 0. The zero-order valence-electron chi connectivity index (χ0n) is 11.0. The van der Waals surface area contributed by atoms with Gasteiger partial charge in [-0.3, -0.25) is 0 Å². The van der Waals surface area contributed by atoms with Crippen LogP contribution in [0.4, 0.5) is 0 Å². The second-order valence-corrected chi connectivity index (χ2v) is 3.78. The molecular weight excluding hydrogens is 220 g/mol. The highest BCUT2D eigenvalue weighted by atomic mass is 35.5. The summed E-state index contributed by atoms with van der Waals surface area (Å²) in [4.78, 5) is 0. The Morgan fingerprint density at radius 1 is 1.19 bits per heavy atom. The molecule has 1 N–H and O–H groups in total. The van der Waals surface area contributed by atoms with Gasteiger partial charge in [0.2, 0.25) is 0 Å². The molecule has 1 nitrogen and oxygen atoms in total. The van der Waals surface area contributed by atoms with Gasteiger partial charge in [-0.2, -0.15) is 0 Å². The molecule has 1 aliphatic rings. The van der Waals surface area contributed by atoms with Crippen molar-refractivity contribution in [2.75, 3.05) is 0 Å². The van der Waals surface area contributed by atoms with Gasteiger partial charge in [0.15, 0.2) is 0 Å². The average Bonchev–Trinajstić information content (AvgIpc) is 2.67. The van der Waals surface area contributed by atoms with Crippen molar-refractivity contribution >= 4 is 11.6 Å². The molecule has 0 bridgehead atoms. The summed E-state index contributed by atoms with van der Waals surface area (Å²) < 4.78 is 0. The molecule has 0 aliphatic heterocycles. The van der Waals surface area contributed by atoms with Crippen molar-refractivity contribution in [1.29, 1.82) is 0 Å². The minimum Gasteiger partial charge on any atom is -0.388 e. The van der Waals surface area contributed by atoms with Gasteiger partial charge in [-0.25, -0.2) is 0 Å². The summed E-state index contributed by atoms with van der Waals surface area (Å²) in [6.45, 7) is 10.0. The third kappa shape index (κ3) is 3.50. The maximum absolute atomic E-state index is 9.57. The molecule has 0 amide bonds. The van der Waals surface area contributed by atoms with E-state index in [0.717, 1.165) is 23.4 Å². The van der Waals surface area contributed by atoms with Crippen molar-refractivity contribution in [2.45, 2.75) is 53.6 Å². The van der Waals surface area contributed by atoms with Gasteiger partial charge in [0.05, 0.1) is 6.10 Å². The summed E-state index contributed by atoms with van der Waals surface area (Å²) in [5.41, 5.74) is 3.51. The second kappa shape index (κ2) is 7.70. The van der Waals surface area contributed by atoms with Crippen LogP contribution in [0, 0.1) is 6.92 Å². The zero-order valence-corrected chi connectivity index (χ0v) is 11.7. The molecule has 0 heterocycles. The van der Waals surface area contributed by atoms with Crippen molar-refractivity contribution < 1.29 is 5.11 Å². The summed E-state index contributed by atoms with van der Waals surface area (Å²) >= 11 is 5.88. The van der Waals surface area contributed by atoms with Crippen LogP contribution in [-0.2, 0) is 6.42 Å². The van der Waals surface area contributed by atoms with Crippen LogP contribution in [0.15, 0.2) is 12.1 Å². The Hall–Kier alpha value is -0.530. The molecule has 1 aromatic rings. The highest BCUT2D eigenvalue weighted by molar-refractivity contribution is 6.30.